The predicted octanol–water partition coefficient (Wildman–Crippen LogP) is 3.94. The minimum Gasteiger partial charge on any atom is -0.326 e. The van der Waals surface area contributed by atoms with Crippen LogP contribution in [0.4, 0.5) is 11.4 Å². The first-order valence-corrected chi connectivity index (χ1v) is 8.44. The molecule has 0 spiro atoms. The number of anilines is 2. The van der Waals surface area contributed by atoms with E-state index >= 15 is 0 Å². The van der Waals surface area contributed by atoms with E-state index in [9.17, 15) is 9.59 Å². The molecule has 0 saturated heterocycles. The number of carbonyl (C=O) groups excluding carboxylic acids is 2. The fraction of sp³-hybridized carbons (Fsp3) is 0.222. The van der Waals surface area contributed by atoms with Gasteiger partial charge in [0, 0.05) is 23.2 Å². The number of aryl methyl sites for hydroxylation is 1. The number of thioether (sulfide) groups is 1. The fourth-order valence-electron chi connectivity index (χ4n) is 2.01. The smallest absolute Gasteiger partial charge is 0.234 e. The topological polar surface area (TPSA) is 58.2 Å². The molecule has 120 valence electrons. The van der Waals surface area contributed by atoms with Gasteiger partial charge < -0.3 is 10.6 Å². The van der Waals surface area contributed by atoms with E-state index in [2.05, 4.69) is 17.6 Å². The number of rotatable bonds is 6. The predicted molar refractivity (Wildman–Crippen MR) is 95.9 cm³/mol. The van der Waals surface area contributed by atoms with Gasteiger partial charge in [0.05, 0.1) is 5.75 Å². The SMILES string of the molecule is CCc1ccc(NC(=O)CSc2ccc(NC(C)=O)cc2)cc1. The third-order valence-electron chi connectivity index (χ3n) is 3.19. The van der Waals surface area contributed by atoms with Crippen LogP contribution in [0.25, 0.3) is 0 Å². The Morgan fingerprint density at radius 2 is 1.48 bits per heavy atom. The summed E-state index contributed by atoms with van der Waals surface area (Å²) in [4.78, 5) is 23.9. The first kappa shape index (κ1) is 17.1. The average molecular weight is 328 g/mol. The maximum Gasteiger partial charge on any atom is 0.234 e. The second-order valence-electron chi connectivity index (χ2n) is 5.09. The van der Waals surface area contributed by atoms with Crippen LogP contribution in [-0.2, 0) is 16.0 Å². The van der Waals surface area contributed by atoms with Crippen molar-refractivity contribution >= 4 is 35.0 Å². The lowest BCUT2D eigenvalue weighted by atomic mass is 10.1. The van der Waals surface area contributed by atoms with Crippen molar-refractivity contribution in [3.05, 3.63) is 54.1 Å². The lowest BCUT2D eigenvalue weighted by Gasteiger charge is -2.07. The molecule has 0 atom stereocenters. The van der Waals surface area contributed by atoms with E-state index in [1.807, 2.05) is 48.5 Å². The van der Waals surface area contributed by atoms with E-state index in [1.54, 1.807) is 0 Å². The van der Waals surface area contributed by atoms with Crippen LogP contribution in [0, 0.1) is 0 Å². The quantitative estimate of drug-likeness (QED) is 0.790. The van der Waals surface area contributed by atoms with Gasteiger partial charge in [0.15, 0.2) is 0 Å². The molecular formula is C18H20N2O2S. The number of nitrogens with one attached hydrogen (secondary N) is 2. The Labute approximate surface area is 140 Å². The summed E-state index contributed by atoms with van der Waals surface area (Å²) in [6.07, 6.45) is 0.985. The van der Waals surface area contributed by atoms with Gasteiger partial charge in [-0.1, -0.05) is 19.1 Å². The molecule has 0 saturated carbocycles. The summed E-state index contributed by atoms with van der Waals surface area (Å²) in [5.41, 5.74) is 2.81. The second-order valence-corrected chi connectivity index (χ2v) is 6.14. The van der Waals surface area contributed by atoms with Gasteiger partial charge in [0.1, 0.15) is 0 Å². The zero-order chi connectivity index (χ0) is 16.7. The van der Waals surface area contributed by atoms with Crippen LogP contribution in [0.5, 0.6) is 0 Å². The van der Waals surface area contributed by atoms with Crippen LogP contribution >= 0.6 is 11.8 Å². The molecule has 2 aromatic rings. The van der Waals surface area contributed by atoms with Gasteiger partial charge in [-0.05, 0) is 48.4 Å². The summed E-state index contributed by atoms with van der Waals surface area (Å²) in [5.74, 6) is 0.207. The zero-order valence-corrected chi connectivity index (χ0v) is 14.1. The summed E-state index contributed by atoms with van der Waals surface area (Å²) >= 11 is 1.46. The Balaban J connectivity index is 1.82. The molecule has 0 aliphatic rings. The maximum atomic E-state index is 12.0. The molecular weight excluding hydrogens is 308 g/mol. The van der Waals surface area contributed by atoms with E-state index in [-0.39, 0.29) is 11.8 Å². The Bertz CT molecular complexity index is 666. The Morgan fingerprint density at radius 3 is 2.04 bits per heavy atom. The molecule has 2 aromatic carbocycles. The van der Waals surface area contributed by atoms with Gasteiger partial charge in [0.2, 0.25) is 11.8 Å². The van der Waals surface area contributed by atoms with Crippen molar-refractivity contribution in [2.75, 3.05) is 16.4 Å². The lowest BCUT2D eigenvalue weighted by molar-refractivity contribution is -0.114. The third kappa shape index (κ3) is 5.79. The molecule has 0 radical (unpaired) electrons. The molecule has 2 amide bonds. The zero-order valence-electron chi connectivity index (χ0n) is 13.3. The summed E-state index contributed by atoms with van der Waals surface area (Å²) in [6.45, 7) is 3.57. The van der Waals surface area contributed by atoms with Crippen LogP contribution in [0.2, 0.25) is 0 Å². The van der Waals surface area contributed by atoms with Crippen LogP contribution < -0.4 is 10.6 Å². The van der Waals surface area contributed by atoms with Gasteiger partial charge in [-0.25, -0.2) is 0 Å². The molecule has 0 heterocycles. The molecule has 4 nitrogen and oxygen atoms in total. The van der Waals surface area contributed by atoms with Crippen molar-refractivity contribution < 1.29 is 9.59 Å². The van der Waals surface area contributed by atoms with Crippen molar-refractivity contribution in [2.45, 2.75) is 25.2 Å². The Kier molecular flexibility index (Phi) is 6.23. The van der Waals surface area contributed by atoms with Crippen molar-refractivity contribution in [3.63, 3.8) is 0 Å². The average Bonchev–Trinajstić information content (AvgIpc) is 2.54. The highest BCUT2D eigenvalue weighted by Crippen LogP contribution is 2.20. The Morgan fingerprint density at radius 1 is 0.913 bits per heavy atom. The minimum atomic E-state index is -0.0983. The first-order chi connectivity index (χ1) is 11.1. The van der Waals surface area contributed by atoms with E-state index in [0.29, 0.717) is 5.75 Å². The third-order valence-corrected chi connectivity index (χ3v) is 4.20. The highest BCUT2D eigenvalue weighted by molar-refractivity contribution is 8.00. The molecule has 0 aliphatic carbocycles. The summed E-state index contributed by atoms with van der Waals surface area (Å²) in [6, 6.07) is 15.3. The van der Waals surface area contributed by atoms with E-state index in [0.717, 1.165) is 22.7 Å². The molecule has 0 bridgehead atoms. The van der Waals surface area contributed by atoms with Crippen LogP contribution in [-0.4, -0.2) is 17.6 Å². The van der Waals surface area contributed by atoms with Crippen molar-refractivity contribution in [2.24, 2.45) is 0 Å². The molecule has 23 heavy (non-hydrogen) atoms. The van der Waals surface area contributed by atoms with Crippen LogP contribution in [0.3, 0.4) is 0 Å². The monoisotopic (exact) mass is 328 g/mol. The minimum absolute atomic E-state index is 0.0369. The van der Waals surface area contributed by atoms with Gasteiger partial charge >= 0.3 is 0 Å². The molecule has 0 aromatic heterocycles. The highest BCUT2D eigenvalue weighted by atomic mass is 32.2. The van der Waals surface area contributed by atoms with Gasteiger partial charge in [-0.15, -0.1) is 11.8 Å². The number of benzene rings is 2. The molecule has 0 unspecified atom stereocenters. The van der Waals surface area contributed by atoms with Gasteiger partial charge in [0.25, 0.3) is 0 Å². The molecule has 0 fully saturated rings. The maximum absolute atomic E-state index is 12.0. The van der Waals surface area contributed by atoms with Crippen molar-refractivity contribution in [1.82, 2.24) is 0 Å². The number of amides is 2. The fourth-order valence-corrected chi connectivity index (χ4v) is 2.71. The van der Waals surface area contributed by atoms with E-state index < -0.39 is 0 Å². The van der Waals surface area contributed by atoms with Gasteiger partial charge in [-0.3, -0.25) is 9.59 Å². The Hall–Kier alpha value is -2.27. The number of hydrogen-bond acceptors (Lipinski definition) is 3. The van der Waals surface area contributed by atoms with Crippen molar-refractivity contribution in [1.29, 1.82) is 0 Å². The summed E-state index contributed by atoms with van der Waals surface area (Å²) in [5, 5.41) is 5.60. The normalized spacial score (nSPS) is 10.2. The second kappa shape index (κ2) is 8.39. The largest absolute Gasteiger partial charge is 0.326 e. The first-order valence-electron chi connectivity index (χ1n) is 7.46. The molecule has 5 heteroatoms. The summed E-state index contributed by atoms with van der Waals surface area (Å²) in [7, 11) is 0. The summed E-state index contributed by atoms with van der Waals surface area (Å²) < 4.78 is 0. The number of carbonyl (C=O) groups is 2. The lowest BCUT2D eigenvalue weighted by Crippen LogP contribution is -2.13. The molecule has 2 N–H and O–H groups in total. The highest BCUT2D eigenvalue weighted by Gasteiger charge is 2.04. The van der Waals surface area contributed by atoms with E-state index in [1.165, 1.54) is 24.2 Å². The van der Waals surface area contributed by atoms with Crippen LogP contribution in [0.1, 0.15) is 19.4 Å². The standard InChI is InChI=1S/C18H20N2O2S/c1-3-14-4-6-16(7-5-14)20-18(22)12-23-17-10-8-15(9-11-17)19-13(2)21/h4-11H,3,12H2,1-2H3,(H,19,21)(H,20,22). The molecule has 2 rings (SSSR count). The van der Waals surface area contributed by atoms with Gasteiger partial charge in [-0.2, -0.15) is 0 Å². The number of hydrogen-bond donors (Lipinski definition) is 2. The van der Waals surface area contributed by atoms with Crippen molar-refractivity contribution in [3.8, 4) is 0 Å². The molecule has 0 aliphatic heterocycles. The van der Waals surface area contributed by atoms with E-state index in [4.69, 9.17) is 0 Å². The van der Waals surface area contributed by atoms with Crippen LogP contribution in [0.15, 0.2) is 53.4 Å².